The first kappa shape index (κ1) is 17.2. The van der Waals surface area contributed by atoms with Gasteiger partial charge in [0.15, 0.2) is 11.9 Å². The topological polar surface area (TPSA) is 120 Å². The average molecular weight is 311 g/mol. The molecule has 120 valence electrons. The largest absolute Gasteiger partial charge is 0.496 e. The molecule has 0 fully saturated rings. The Labute approximate surface area is 126 Å². The van der Waals surface area contributed by atoms with E-state index in [1.165, 1.54) is 32.2 Å². The van der Waals surface area contributed by atoms with Crippen molar-refractivity contribution in [3.63, 3.8) is 0 Å². The lowest BCUT2D eigenvalue weighted by molar-refractivity contribution is -0.386. The third kappa shape index (κ3) is 4.62. The molecular formula is C13H17N3O6. The van der Waals surface area contributed by atoms with Gasteiger partial charge in [0.05, 0.1) is 18.1 Å². The Hall–Kier alpha value is -2.84. The third-order valence-electron chi connectivity index (χ3n) is 2.61. The van der Waals surface area contributed by atoms with Crippen LogP contribution >= 0.6 is 0 Å². The number of urea groups is 1. The van der Waals surface area contributed by atoms with Gasteiger partial charge in [-0.1, -0.05) is 0 Å². The first-order valence-electron chi connectivity index (χ1n) is 6.46. The Morgan fingerprint density at radius 2 is 2.09 bits per heavy atom. The number of hydrogen-bond donors (Lipinski definition) is 2. The Morgan fingerprint density at radius 1 is 1.41 bits per heavy atom. The SMILES string of the molecule is CCNC(=O)NC(=O)C(C)Oc1ccc(OC)cc1[N+](=O)[O-]. The number of benzene rings is 1. The monoisotopic (exact) mass is 311 g/mol. The molecule has 0 aliphatic heterocycles. The standard InChI is InChI=1S/C13H17N3O6/c1-4-14-13(18)15-12(17)8(2)22-11-6-5-9(21-3)7-10(11)16(19)20/h5-8H,4H2,1-3H3,(H2,14,15,17,18). The van der Waals surface area contributed by atoms with Gasteiger partial charge < -0.3 is 14.8 Å². The molecule has 1 rings (SSSR count). The van der Waals surface area contributed by atoms with Gasteiger partial charge >= 0.3 is 11.7 Å². The van der Waals surface area contributed by atoms with Crippen LogP contribution in [-0.2, 0) is 4.79 Å². The second kappa shape index (κ2) is 7.81. The van der Waals surface area contributed by atoms with E-state index in [4.69, 9.17) is 9.47 Å². The van der Waals surface area contributed by atoms with E-state index in [0.29, 0.717) is 12.3 Å². The van der Waals surface area contributed by atoms with E-state index in [1.807, 2.05) is 0 Å². The van der Waals surface area contributed by atoms with Crippen molar-refractivity contribution in [3.8, 4) is 11.5 Å². The van der Waals surface area contributed by atoms with Crippen molar-refractivity contribution in [2.45, 2.75) is 20.0 Å². The highest BCUT2D eigenvalue weighted by atomic mass is 16.6. The zero-order valence-corrected chi connectivity index (χ0v) is 12.4. The van der Waals surface area contributed by atoms with E-state index < -0.39 is 23.0 Å². The Bertz CT molecular complexity index is 575. The van der Waals surface area contributed by atoms with Crippen molar-refractivity contribution in [2.24, 2.45) is 0 Å². The van der Waals surface area contributed by atoms with Crippen LogP contribution < -0.4 is 20.1 Å². The molecule has 0 saturated heterocycles. The molecule has 9 nitrogen and oxygen atoms in total. The summed E-state index contributed by atoms with van der Waals surface area (Å²) in [4.78, 5) is 33.4. The van der Waals surface area contributed by atoms with Gasteiger partial charge in [-0.2, -0.15) is 0 Å². The molecule has 9 heteroatoms. The minimum atomic E-state index is -1.09. The van der Waals surface area contributed by atoms with E-state index in [0.717, 1.165) is 0 Å². The predicted octanol–water partition coefficient (Wildman–Crippen LogP) is 1.22. The Balaban J connectivity index is 2.83. The van der Waals surface area contributed by atoms with Crippen LogP contribution in [0.1, 0.15) is 13.8 Å². The van der Waals surface area contributed by atoms with Crippen molar-refractivity contribution >= 4 is 17.6 Å². The van der Waals surface area contributed by atoms with Crippen LogP contribution in [0, 0.1) is 10.1 Å². The number of nitrogens with one attached hydrogen (secondary N) is 2. The summed E-state index contributed by atoms with van der Waals surface area (Å²) in [5, 5.41) is 15.5. The first-order valence-corrected chi connectivity index (χ1v) is 6.46. The third-order valence-corrected chi connectivity index (χ3v) is 2.61. The molecule has 1 unspecified atom stereocenters. The fourth-order valence-electron chi connectivity index (χ4n) is 1.53. The van der Waals surface area contributed by atoms with Crippen LogP contribution in [0.5, 0.6) is 11.5 Å². The zero-order chi connectivity index (χ0) is 16.7. The number of rotatable bonds is 6. The number of carbonyl (C=O) groups is 2. The molecule has 0 aliphatic rings. The molecule has 0 heterocycles. The molecule has 1 aromatic carbocycles. The van der Waals surface area contributed by atoms with Gasteiger partial charge in [-0.15, -0.1) is 0 Å². The number of amides is 3. The van der Waals surface area contributed by atoms with E-state index >= 15 is 0 Å². The number of nitro benzene ring substituents is 1. The molecule has 0 spiro atoms. The number of imide groups is 1. The zero-order valence-electron chi connectivity index (χ0n) is 12.4. The first-order chi connectivity index (χ1) is 10.4. The predicted molar refractivity (Wildman–Crippen MR) is 77.0 cm³/mol. The molecular weight excluding hydrogens is 294 g/mol. The van der Waals surface area contributed by atoms with Crippen molar-refractivity contribution in [2.75, 3.05) is 13.7 Å². The van der Waals surface area contributed by atoms with Crippen molar-refractivity contribution < 1.29 is 24.0 Å². The normalized spacial score (nSPS) is 11.2. The average Bonchev–Trinajstić information content (AvgIpc) is 2.47. The lowest BCUT2D eigenvalue weighted by atomic mass is 10.2. The van der Waals surface area contributed by atoms with Gasteiger partial charge in [-0.25, -0.2) is 4.79 Å². The highest BCUT2D eigenvalue weighted by molar-refractivity contribution is 5.96. The van der Waals surface area contributed by atoms with E-state index in [9.17, 15) is 19.7 Å². The minimum Gasteiger partial charge on any atom is -0.496 e. The maximum atomic E-state index is 11.7. The highest BCUT2D eigenvalue weighted by Crippen LogP contribution is 2.31. The molecule has 0 radical (unpaired) electrons. The van der Waals surface area contributed by atoms with E-state index in [-0.39, 0.29) is 11.4 Å². The smallest absolute Gasteiger partial charge is 0.321 e. The molecule has 22 heavy (non-hydrogen) atoms. The van der Waals surface area contributed by atoms with Gasteiger partial charge in [0.2, 0.25) is 0 Å². The lowest BCUT2D eigenvalue weighted by Crippen LogP contribution is -2.45. The van der Waals surface area contributed by atoms with Crippen LogP contribution in [0.2, 0.25) is 0 Å². The number of hydrogen-bond acceptors (Lipinski definition) is 6. The van der Waals surface area contributed by atoms with Gasteiger partial charge in [0.25, 0.3) is 5.91 Å². The highest BCUT2D eigenvalue weighted by Gasteiger charge is 2.23. The van der Waals surface area contributed by atoms with Crippen molar-refractivity contribution in [3.05, 3.63) is 28.3 Å². The summed E-state index contributed by atoms with van der Waals surface area (Å²) in [5.74, 6) is -0.515. The maximum absolute atomic E-state index is 11.7. The lowest BCUT2D eigenvalue weighted by Gasteiger charge is -2.14. The van der Waals surface area contributed by atoms with Crippen molar-refractivity contribution in [1.29, 1.82) is 0 Å². The molecule has 0 aliphatic carbocycles. The van der Waals surface area contributed by atoms with Crippen LogP contribution in [0.25, 0.3) is 0 Å². The second-order valence-electron chi connectivity index (χ2n) is 4.20. The van der Waals surface area contributed by atoms with E-state index in [1.54, 1.807) is 6.92 Å². The molecule has 0 saturated carbocycles. The summed E-state index contributed by atoms with van der Waals surface area (Å²) >= 11 is 0. The summed E-state index contributed by atoms with van der Waals surface area (Å²) in [6.45, 7) is 3.44. The molecule has 1 aromatic rings. The summed E-state index contributed by atoms with van der Waals surface area (Å²) in [5.41, 5.74) is -0.336. The van der Waals surface area contributed by atoms with Gasteiger partial charge in [-0.3, -0.25) is 20.2 Å². The second-order valence-corrected chi connectivity index (χ2v) is 4.20. The number of nitro groups is 1. The summed E-state index contributed by atoms with van der Waals surface area (Å²) < 4.78 is 10.2. The van der Waals surface area contributed by atoms with Gasteiger partial charge in [-0.05, 0) is 26.0 Å². The van der Waals surface area contributed by atoms with Crippen LogP contribution in [0.3, 0.4) is 0 Å². The molecule has 3 amide bonds. The minimum absolute atomic E-state index is 0.0932. The molecule has 0 aromatic heterocycles. The maximum Gasteiger partial charge on any atom is 0.321 e. The fourth-order valence-corrected chi connectivity index (χ4v) is 1.53. The van der Waals surface area contributed by atoms with Gasteiger partial charge in [0, 0.05) is 6.54 Å². The number of ether oxygens (including phenoxy) is 2. The molecule has 2 N–H and O–H groups in total. The van der Waals surface area contributed by atoms with Crippen molar-refractivity contribution in [1.82, 2.24) is 10.6 Å². The van der Waals surface area contributed by atoms with Crippen LogP contribution in [0.15, 0.2) is 18.2 Å². The Kier molecular flexibility index (Phi) is 6.11. The summed E-state index contributed by atoms with van der Waals surface area (Å²) in [7, 11) is 1.38. The number of carbonyl (C=O) groups excluding carboxylic acids is 2. The molecule has 0 bridgehead atoms. The molecule has 1 atom stereocenters. The van der Waals surface area contributed by atoms with Crippen LogP contribution in [-0.4, -0.2) is 36.6 Å². The summed E-state index contributed by atoms with van der Waals surface area (Å²) in [6, 6.07) is 3.32. The summed E-state index contributed by atoms with van der Waals surface area (Å²) in [6.07, 6.45) is -1.09. The Morgan fingerprint density at radius 3 is 2.64 bits per heavy atom. The fraction of sp³-hybridized carbons (Fsp3) is 0.385. The van der Waals surface area contributed by atoms with E-state index in [2.05, 4.69) is 10.6 Å². The van der Waals surface area contributed by atoms with Crippen LogP contribution in [0.4, 0.5) is 10.5 Å². The number of nitrogens with zero attached hydrogens (tertiary/aromatic N) is 1. The van der Waals surface area contributed by atoms with Gasteiger partial charge in [0.1, 0.15) is 5.75 Å². The number of methoxy groups -OCH3 is 1. The quantitative estimate of drug-likeness (QED) is 0.602.